The number of anilines is 2. The molecule has 0 spiro atoms. The fraction of sp³-hybridized carbons (Fsp3) is 0.0952. The van der Waals surface area contributed by atoms with Crippen molar-refractivity contribution >= 4 is 45.2 Å². The fourth-order valence-electron chi connectivity index (χ4n) is 3.43. The van der Waals surface area contributed by atoms with Crippen LogP contribution in [0.15, 0.2) is 59.9 Å². The number of hydrogen-bond donors (Lipinski definition) is 3. The van der Waals surface area contributed by atoms with Gasteiger partial charge in [-0.2, -0.15) is 0 Å². The molecule has 0 aliphatic carbocycles. The van der Waals surface area contributed by atoms with Crippen molar-refractivity contribution in [3.63, 3.8) is 0 Å². The summed E-state index contributed by atoms with van der Waals surface area (Å²) in [6, 6.07) is 10.9. The molecule has 1 atom stereocenters. The van der Waals surface area contributed by atoms with E-state index in [9.17, 15) is 9.18 Å². The summed E-state index contributed by atoms with van der Waals surface area (Å²) in [5.74, 6) is 0.210. The average molecular weight is 451 g/mol. The molecule has 2 aromatic carbocycles. The van der Waals surface area contributed by atoms with Crippen LogP contribution in [0.2, 0.25) is 5.02 Å². The number of benzene rings is 2. The van der Waals surface area contributed by atoms with E-state index in [1.807, 2.05) is 37.3 Å². The monoisotopic (exact) mass is 450 g/mol. The molecule has 0 unspecified atom stereocenters. The fourth-order valence-corrected chi connectivity index (χ4v) is 3.72. The molecule has 3 N–H and O–H groups in total. The largest absolute Gasteiger partial charge is 0.358 e. The molecule has 0 saturated heterocycles. The smallest absolute Gasteiger partial charge is 0.281 e. The van der Waals surface area contributed by atoms with Gasteiger partial charge in [0.2, 0.25) is 0 Å². The van der Waals surface area contributed by atoms with Gasteiger partial charge in [-0.15, -0.1) is 0 Å². The zero-order valence-electron chi connectivity index (χ0n) is 16.7. The summed E-state index contributed by atoms with van der Waals surface area (Å²) in [5.41, 5.74) is 4.54. The lowest BCUT2D eigenvalue weighted by Gasteiger charge is -2.21. The maximum Gasteiger partial charge on any atom is 0.281 e. The van der Waals surface area contributed by atoms with Crippen LogP contribution in [0.5, 0.6) is 0 Å². The van der Waals surface area contributed by atoms with E-state index in [0.717, 1.165) is 6.07 Å². The van der Waals surface area contributed by atoms with E-state index in [1.165, 1.54) is 23.4 Å². The van der Waals surface area contributed by atoms with Gasteiger partial charge in [-0.05, 0) is 25.1 Å². The van der Waals surface area contributed by atoms with E-state index in [4.69, 9.17) is 11.6 Å². The predicted octanol–water partition coefficient (Wildman–Crippen LogP) is 3.90. The summed E-state index contributed by atoms with van der Waals surface area (Å²) >= 11 is 6.19. The molecule has 0 aliphatic rings. The normalized spacial score (nSPS) is 12.2. The van der Waals surface area contributed by atoms with Crippen LogP contribution in [0.4, 0.5) is 15.9 Å². The molecule has 5 aromatic rings. The second-order valence-corrected chi connectivity index (χ2v) is 7.47. The lowest BCUT2D eigenvalue weighted by Crippen LogP contribution is -2.33. The van der Waals surface area contributed by atoms with Crippen molar-refractivity contribution in [1.82, 2.24) is 29.6 Å². The summed E-state index contributed by atoms with van der Waals surface area (Å²) in [5, 5.41) is 3.33. The molecule has 11 heteroatoms. The topological polar surface area (TPSA) is 113 Å². The van der Waals surface area contributed by atoms with Crippen molar-refractivity contribution < 1.29 is 4.39 Å². The minimum absolute atomic E-state index is 0.0109. The van der Waals surface area contributed by atoms with Crippen LogP contribution < -0.4 is 16.3 Å². The highest BCUT2D eigenvalue weighted by atomic mass is 35.5. The minimum atomic E-state index is -0.579. The highest BCUT2D eigenvalue weighted by Gasteiger charge is 2.21. The Hall–Kier alpha value is -4.05. The van der Waals surface area contributed by atoms with Crippen LogP contribution in [0.25, 0.3) is 22.1 Å². The van der Waals surface area contributed by atoms with Crippen molar-refractivity contribution in [3.05, 3.63) is 82.1 Å². The number of nitrogens with one attached hydrogen (secondary N) is 3. The maximum atomic E-state index is 14.0. The van der Waals surface area contributed by atoms with Gasteiger partial charge in [0.1, 0.15) is 17.7 Å². The molecule has 32 heavy (non-hydrogen) atoms. The Kier molecular flexibility index (Phi) is 4.91. The lowest BCUT2D eigenvalue weighted by molar-refractivity contribution is 0.628. The third-order valence-electron chi connectivity index (χ3n) is 4.89. The Morgan fingerprint density at radius 1 is 1.16 bits per heavy atom. The van der Waals surface area contributed by atoms with E-state index in [1.54, 1.807) is 0 Å². The molecule has 0 amide bonds. The first kappa shape index (κ1) is 19.9. The number of rotatable bonds is 5. The van der Waals surface area contributed by atoms with Gasteiger partial charge in [0.15, 0.2) is 17.3 Å². The molecule has 9 nitrogen and oxygen atoms in total. The quantitative estimate of drug-likeness (QED) is 0.372. The summed E-state index contributed by atoms with van der Waals surface area (Å²) in [6.07, 6.45) is 2.90. The van der Waals surface area contributed by atoms with Crippen LogP contribution in [0.1, 0.15) is 18.8 Å². The number of aromatic nitrogens is 6. The van der Waals surface area contributed by atoms with Crippen molar-refractivity contribution in [2.24, 2.45) is 0 Å². The molecule has 0 fully saturated rings. The van der Waals surface area contributed by atoms with Crippen LogP contribution in [0.3, 0.4) is 0 Å². The Morgan fingerprint density at radius 2 is 1.97 bits per heavy atom. The third kappa shape index (κ3) is 3.50. The average Bonchev–Trinajstić information content (AvgIpc) is 3.25. The molecule has 160 valence electrons. The summed E-state index contributed by atoms with van der Waals surface area (Å²) < 4.78 is 15.3. The van der Waals surface area contributed by atoms with Gasteiger partial charge >= 0.3 is 0 Å². The number of para-hydroxylation sites is 1. The zero-order chi connectivity index (χ0) is 22.2. The number of aromatic amines is 1. The highest BCUT2D eigenvalue weighted by Crippen LogP contribution is 2.25. The van der Waals surface area contributed by atoms with Crippen molar-refractivity contribution in [1.29, 1.82) is 0 Å². The molecule has 3 aromatic heterocycles. The molecule has 0 saturated carbocycles. The van der Waals surface area contributed by atoms with Crippen molar-refractivity contribution in [2.45, 2.75) is 13.0 Å². The number of fused-ring (bicyclic) bond motifs is 2. The number of hydrogen-bond acceptors (Lipinski definition) is 7. The number of halogens is 2. The lowest BCUT2D eigenvalue weighted by atomic mass is 10.2. The molecule has 3 heterocycles. The Labute approximate surface area is 185 Å². The molecular weight excluding hydrogens is 435 g/mol. The van der Waals surface area contributed by atoms with Crippen molar-refractivity contribution in [3.8, 4) is 0 Å². The SMILES string of the molecule is C[C@H](Nc1ncnc2nc[nH]c12)c1nc2cc(F)cc(Cl)c2c(=O)n1Nc1ccccc1. The van der Waals surface area contributed by atoms with Crippen LogP contribution in [-0.4, -0.2) is 29.6 Å². The second-order valence-electron chi connectivity index (χ2n) is 7.06. The van der Waals surface area contributed by atoms with Gasteiger partial charge in [-0.1, -0.05) is 29.8 Å². The summed E-state index contributed by atoms with van der Waals surface area (Å²) in [7, 11) is 0. The van der Waals surface area contributed by atoms with E-state index in [0.29, 0.717) is 28.5 Å². The van der Waals surface area contributed by atoms with E-state index >= 15 is 0 Å². The maximum absolute atomic E-state index is 14.0. The van der Waals surface area contributed by atoms with E-state index in [2.05, 4.69) is 35.7 Å². The molecule has 0 radical (unpaired) electrons. The number of H-pyrrole nitrogens is 1. The minimum Gasteiger partial charge on any atom is -0.358 e. The molecule has 0 bridgehead atoms. The summed E-state index contributed by atoms with van der Waals surface area (Å²) in [4.78, 5) is 33.4. The molecular formula is C21H16ClFN8O. The standard InChI is InChI=1S/C21H16ClFN8O/c1-11(28-19-17-18(25-9-24-17)26-10-27-19)20-29-15-8-12(23)7-14(22)16(15)21(32)31(20)30-13-5-3-2-4-6-13/h2-11,30H,1H3,(H2,24,25,26,27,28)/t11-/m0/s1. The van der Waals surface area contributed by atoms with Crippen LogP contribution >= 0.6 is 11.6 Å². The van der Waals surface area contributed by atoms with Gasteiger partial charge in [-0.3, -0.25) is 10.2 Å². The molecule has 0 aliphatic heterocycles. The van der Waals surface area contributed by atoms with Gasteiger partial charge in [0.25, 0.3) is 5.56 Å². The third-order valence-corrected chi connectivity index (χ3v) is 5.19. The molecule has 5 rings (SSSR count). The Bertz CT molecular complexity index is 1500. The Balaban J connectivity index is 1.66. The van der Waals surface area contributed by atoms with Crippen LogP contribution in [-0.2, 0) is 0 Å². The van der Waals surface area contributed by atoms with Gasteiger partial charge in [-0.25, -0.2) is 29.0 Å². The van der Waals surface area contributed by atoms with E-state index < -0.39 is 17.4 Å². The number of nitrogens with zero attached hydrogens (tertiary/aromatic N) is 5. The van der Waals surface area contributed by atoms with Crippen LogP contribution in [0, 0.1) is 5.82 Å². The first-order valence-corrected chi connectivity index (χ1v) is 10.0. The van der Waals surface area contributed by atoms with Gasteiger partial charge in [0.05, 0.1) is 34.0 Å². The van der Waals surface area contributed by atoms with Gasteiger partial charge in [0, 0.05) is 6.07 Å². The predicted molar refractivity (Wildman–Crippen MR) is 120 cm³/mol. The first-order chi connectivity index (χ1) is 15.5. The Morgan fingerprint density at radius 3 is 2.78 bits per heavy atom. The number of imidazole rings is 1. The van der Waals surface area contributed by atoms with Gasteiger partial charge < -0.3 is 10.3 Å². The second kappa shape index (κ2) is 7.89. The van der Waals surface area contributed by atoms with Crippen molar-refractivity contribution in [2.75, 3.05) is 10.7 Å². The first-order valence-electron chi connectivity index (χ1n) is 9.65. The zero-order valence-corrected chi connectivity index (χ0v) is 17.4. The summed E-state index contributed by atoms with van der Waals surface area (Å²) in [6.45, 7) is 1.81. The highest BCUT2D eigenvalue weighted by molar-refractivity contribution is 6.35. The van der Waals surface area contributed by atoms with E-state index in [-0.39, 0.29) is 15.9 Å².